The lowest BCUT2D eigenvalue weighted by atomic mass is 10.2. The average Bonchev–Trinajstić information content (AvgIpc) is 2.59. The molecule has 1 fully saturated rings. The van der Waals surface area contributed by atoms with Gasteiger partial charge in [-0.1, -0.05) is 12.6 Å². The Labute approximate surface area is 65.6 Å². The van der Waals surface area contributed by atoms with Crippen molar-refractivity contribution in [1.29, 1.82) is 0 Å². The highest BCUT2D eigenvalue weighted by molar-refractivity contribution is 4.91. The highest BCUT2D eigenvalue weighted by Crippen LogP contribution is 2.17. The van der Waals surface area contributed by atoms with Crippen LogP contribution in [0, 0.1) is 0 Å². The molecule has 2 rings (SSSR count). The van der Waals surface area contributed by atoms with Crippen LogP contribution in [0.4, 0.5) is 0 Å². The molecular weight excluding hydrogens is 142 g/mol. The summed E-state index contributed by atoms with van der Waals surface area (Å²) in [5, 5.41) is 17.0. The first-order chi connectivity index (χ1) is 4.97. The molecule has 0 aliphatic carbocycles. The van der Waals surface area contributed by atoms with Crippen molar-refractivity contribution in [2.45, 2.75) is 26.3 Å². The number of H-pyrrole nitrogens is 1. The molecule has 1 aliphatic heterocycles. The second kappa shape index (κ2) is 3.43. The van der Waals surface area contributed by atoms with Crippen LogP contribution in [-0.4, -0.2) is 27.2 Å². The van der Waals surface area contributed by atoms with Crippen molar-refractivity contribution in [2.75, 3.05) is 6.54 Å². The van der Waals surface area contributed by atoms with Crippen molar-refractivity contribution in [3.05, 3.63) is 5.82 Å². The molecule has 0 bridgehead atoms. The molecular formula is C6H13N5. The Bertz CT molecular complexity index is 189. The molecule has 62 valence electrons. The van der Waals surface area contributed by atoms with Gasteiger partial charge in [0.05, 0.1) is 6.04 Å². The molecule has 0 unspecified atom stereocenters. The monoisotopic (exact) mass is 155 g/mol. The van der Waals surface area contributed by atoms with Crippen LogP contribution in [0.25, 0.3) is 0 Å². The summed E-state index contributed by atoms with van der Waals surface area (Å²) in [6.45, 7) is 1.07. The van der Waals surface area contributed by atoms with Gasteiger partial charge >= 0.3 is 0 Å². The zero-order valence-electron chi connectivity index (χ0n) is 5.54. The highest BCUT2D eigenvalue weighted by atomic mass is 15.5. The minimum atomic E-state index is 0. The summed E-state index contributed by atoms with van der Waals surface area (Å²) in [7, 11) is 0. The quantitative estimate of drug-likeness (QED) is 0.610. The number of hydrogen-bond donors (Lipinski definition) is 2. The van der Waals surface area contributed by atoms with Gasteiger partial charge in [0.15, 0.2) is 5.82 Å². The molecule has 1 aromatic heterocycles. The molecule has 2 N–H and O–H groups in total. The summed E-state index contributed by atoms with van der Waals surface area (Å²) in [5.74, 6) is 0.789. The van der Waals surface area contributed by atoms with E-state index in [-0.39, 0.29) is 7.43 Å². The highest BCUT2D eigenvalue weighted by Gasteiger charge is 2.19. The Kier molecular flexibility index (Phi) is 2.53. The maximum atomic E-state index is 3.89. The summed E-state index contributed by atoms with van der Waals surface area (Å²) in [6.07, 6.45) is 2.33. The molecule has 0 amide bonds. The third-order valence-corrected chi connectivity index (χ3v) is 1.73. The predicted octanol–water partition coefficient (Wildman–Crippen LogP) is 0.260. The van der Waals surface area contributed by atoms with Gasteiger partial charge in [-0.15, -0.1) is 10.2 Å². The molecule has 1 saturated heterocycles. The van der Waals surface area contributed by atoms with Gasteiger partial charge in [0.25, 0.3) is 0 Å². The lowest BCUT2D eigenvalue weighted by Crippen LogP contribution is -2.14. The SMILES string of the molecule is C.C1CN[C@H](c2nn[nH]n2)C1. The maximum Gasteiger partial charge on any atom is 0.191 e. The normalized spacial score (nSPS) is 23.1. The van der Waals surface area contributed by atoms with Crippen LogP contribution < -0.4 is 5.32 Å². The van der Waals surface area contributed by atoms with Crippen LogP contribution >= 0.6 is 0 Å². The molecule has 0 spiro atoms. The number of nitrogens with zero attached hydrogens (tertiary/aromatic N) is 3. The smallest absolute Gasteiger partial charge is 0.191 e. The molecule has 5 nitrogen and oxygen atoms in total. The van der Waals surface area contributed by atoms with Crippen LogP contribution in [0.5, 0.6) is 0 Å². The topological polar surface area (TPSA) is 66.5 Å². The van der Waals surface area contributed by atoms with E-state index in [0.717, 1.165) is 18.8 Å². The Balaban J connectivity index is 0.000000605. The van der Waals surface area contributed by atoms with Crippen molar-refractivity contribution in [1.82, 2.24) is 25.9 Å². The van der Waals surface area contributed by atoms with E-state index in [2.05, 4.69) is 25.9 Å². The third-order valence-electron chi connectivity index (χ3n) is 1.73. The molecule has 0 radical (unpaired) electrons. The summed E-state index contributed by atoms with van der Waals surface area (Å²) in [5.41, 5.74) is 0. The molecule has 5 heteroatoms. The Morgan fingerprint density at radius 3 is 2.91 bits per heavy atom. The van der Waals surface area contributed by atoms with E-state index >= 15 is 0 Å². The van der Waals surface area contributed by atoms with E-state index in [1.54, 1.807) is 0 Å². The summed E-state index contributed by atoms with van der Waals surface area (Å²) >= 11 is 0. The van der Waals surface area contributed by atoms with Gasteiger partial charge in [-0.25, -0.2) is 0 Å². The number of aromatic nitrogens is 4. The Morgan fingerprint density at radius 1 is 1.45 bits per heavy atom. The van der Waals surface area contributed by atoms with E-state index in [1.807, 2.05) is 0 Å². The molecule has 1 atom stereocenters. The fourth-order valence-electron chi connectivity index (χ4n) is 1.22. The third kappa shape index (κ3) is 1.54. The molecule has 1 aromatic rings. The Morgan fingerprint density at radius 2 is 2.36 bits per heavy atom. The first-order valence-electron chi connectivity index (χ1n) is 3.43. The van der Waals surface area contributed by atoms with Crippen LogP contribution in [0.1, 0.15) is 32.1 Å². The summed E-state index contributed by atoms with van der Waals surface area (Å²) in [4.78, 5) is 0. The van der Waals surface area contributed by atoms with E-state index < -0.39 is 0 Å². The van der Waals surface area contributed by atoms with Crippen molar-refractivity contribution >= 4 is 0 Å². The molecule has 1 aliphatic rings. The molecule has 2 heterocycles. The Hall–Kier alpha value is -0.970. The summed E-state index contributed by atoms with van der Waals surface area (Å²) < 4.78 is 0. The van der Waals surface area contributed by atoms with Gasteiger partial charge in [-0.2, -0.15) is 5.21 Å². The fraction of sp³-hybridized carbons (Fsp3) is 0.833. The van der Waals surface area contributed by atoms with Crippen LogP contribution in [0.3, 0.4) is 0 Å². The number of tetrazole rings is 1. The largest absolute Gasteiger partial charge is 0.307 e. The van der Waals surface area contributed by atoms with Gasteiger partial charge in [0, 0.05) is 0 Å². The molecule has 0 saturated carbocycles. The zero-order valence-corrected chi connectivity index (χ0v) is 5.54. The van der Waals surface area contributed by atoms with E-state index in [9.17, 15) is 0 Å². The molecule has 0 aromatic carbocycles. The minimum absolute atomic E-state index is 0. The average molecular weight is 155 g/mol. The lowest BCUT2D eigenvalue weighted by molar-refractivity contribution is 0.606. The van der Waals surface area contributed by atoms with Gasteiger partial charge in [0.2, 0.25) is 0 Å². The number of aromatic amines is 1. The lowest BCUT2D eigenvalue weighted by Gasteiger charge is -2.00. The maximum absolute atomic E-state index is 3.89. The van der Waals surface area contributed by atoms with Crippen molar-refractivity contribution in [3.8, 4) is 0 Å². The number of rotatable bonds is 1. The minimum Gasteiger partial charge on any atom is -0.307 e. The van der Waals surface area contributed by atoms with E-state index in [4.69, 9.17) is 0 Å². The van der Waals surface area contributed by atoms with Crippen LogP contribution in [0.2, 0.25) is 0 Å². The van der Waals surface area contributed by atoms with Crippen molar-refractivity contribution in [2.24, 2.45) is 0 Å². The number of nitrogens with one attached hydrogen (secondary N) is 2. The first kappa shape index (κ1) is 8.13. The predicted molar refractivity (Wildman–Crippen MR) is 40.9 cm³/mol. The number of hydrogen-bond acceptors (Lipinski definition) is 4. The zero-order chi connectivity index (χ0) is 6.81. The van der Waals surface area contributed by atoms with Gasteiger partial charge in [0.1, 0.15) is 0 Å². The second-order valence-electron chi connectivity index (χ2n) is 2.42. The standard InChI is InChI=1S/C5H9N5.CH4/c1-2-4(6-3-1)5-7-9-10-8-5;/h4,6H,1-3H2,(H,7,8,9,10);1H4/t4-;/m0./s1. The fourth-order valence-corrected chi connectivity index (χ4v) is 1.22. The van der Waals surface area contributed by atoms with Gasteiger partial charge < -0.3 is 5.32 Å². The van der Waals surface area contributed by atoms with Crippen molar-refractivity contribution in [3.63, 3.8) is 0 Å². The van der Waals surface area contributed by atoms with Crippen LogP contribution in [0.15, 0.2) is 0 Å². The summed E-state index contributed by atoms with van der Waals surface area (Å²) in [6, 6.07) is 0.332. The first-order valence-corrected chi connectivity index (χ1v) is 3.43. The van der Waals surface area contributed by atoms with Crippen molar-refractivity contribution < 1.29 is 0 Å². The van der Waals surface area contributed by atoms with Crippen LogP contribution in [-0.2, 0) is 0 Å². The van der Waals surface area contributed by atoms with Gasteiger partial charge in [-0.3, -0.25) is 0 Å². The van der Waals surface area contributed by atoms with Gasteiger partial charge in [-0.05, 0) is 19.4 Å². The second-order valence-corrected chi connectivity index (χ2v) is 2.42. The molecule has 11 heavy (non-hydrogen) atoms. The van der Waals surface area contributed by atoms with E-state index in [1.165, 1.54) is 6.42 Å². The van der Waals surface area contributed by atoms with E-state index in [0.29, 0.717) is 6.04 Å².